The Balaban J connectivity index is 1.59. The van der Waals surface area contributed by atoms with Gasteiger partial charge in [0.2, 0.25) is 0 Å². The summed E-state index contributed by atoms with van der Waals surface area (Å²) in [6.45, 7) is 8.69. The Bertz CT molecular complexity index is 814. The van der Waals surface area contributed by atoms with Crippen molar-refractivity contribution in [3.8, 4) is 0 Å². The van der Waals surface area contributed by atoms with Gasteiger partial charge in [-0.1, -0.05) is 6.07 Å². The van der Waals surface area contributed by atoms with E-state index in [1.165, 1.54) is 42.4 Å². The number of benzene rings is 1. The summed E-state index contributed by atoms with van der Waals surface area (Å²) in [6, 6.07) is 7.02. The molecule has 4 heteroatoms. The van der Waals surface area contributed by atoms with E-state index in [0.717, 1.165) is 18.7 Å². The van der Waals surface area contributed by atoms with Crippen LogP contribution in [0.3, 0.4) is 0 Å². The number of amides is 1. The van der Waals surface area contributed by atoms with Crippen molar-refractivity contribution >= 4 is 16.8 Å². The third-order valence-corrected chi connectivity index (χ3v) is 6.35. The minimum atomic E-state index is 0.244. The van der Waals surface area contributed by atoms with Gasteiger partial charge in [0.15, 0.2) is 0 Å². The van der Waals surface area contributed by atoms with Gasteiger partial charge in [0.1, 0.15) is 0 Å². The van der Waals surface area contributed by atoms with Crippen LogP contribution in [0.4, 0.5) is 0 Å². The standard InChI is InChI=1S/C20H25N3O/c1-13(2)22-10-15-11-23(18-12-21-8-6-14(18)7-9-21)20(24)16-4-3-5-17(22)19(15)16/h3-5,10,13-14,18H,6-9,11-12H2,1-2H3/t18-/m0/s1. The smallest absolute Gasteiger partial charge is 0.255 e. The molecule has 2 aromatic rings. The van der Waals surface area contributed by atoms with Gasteiger partial charge in [0.25, 0.3) is 5.91 Å². The first-order chi connectivity index (χ1) is 11.6. The van der Waals surface area contributed by atoms with Crippen LogP contribution in [-0.2, 0) is 6.54 Å². The van der Waals surface area contributed by atoms with Gasteiger partial charge in [-0.3, -0.25) is 4.79 Å². The quantitative estimate of drug-likeness (QED) is 0.848. The molecule has 4 nitrogen and oxygen atoms in total. The maximum absolute atomic E-state index is 13.3. The first kappa shape index (κ1) is 14.5. The van der Waals surface area contributed by atoms with Crippen LogP contribution in [0.2, 0.25) is 0 Å². The summed E-state index contributed by atoms with van der Waals surface area (Å²) >= 11 is 0. The zero-order valence-corrected chi connectivity index (χ0v) is 14.5. The van der Waals surface area contributed by atoms with Crippen LogP contribution in [-0.4, -0.2) is 46.0 Å². The molecule has 0 N–H and O–H groups in total. The van der Waals surface area contributed by atoms with E-state index in [4.69, 9.17) is 0 Å². The van der Waals surface area contributed by atoms with Crippen LogP contribution in [0.1, 0.15) is 48.7 Å². The van der Waals surface area contributed by atoms with Crippen molar-refractivity contribution in [2.75, 3.05) is 19.6 Å². The van der Waals surface area contributed by atoms with Crippen molar-refractivity contribution in [3.63, 3.8) is 0 Å². The summed E-state index contributed by atoms with van der Waals surface area (Å²) in [7, 11) is 0. The van der Waals surface area contributed by atoms with Gasteiger partial charge in [-0.2, -0.15) is 0 Å². The summed E-state index contributed by atoms with van der Waals surface area (Å²) in [5, 5.41) is 1.19. The monoisotopic (exact) mass is 323 g/mol. The maximum Gasteiger partial charge on any atom is 0.255 e. The summed E-state index contributed by atoms with van der Waals surface area (Å²) in [6.07, 6.45) is 4.77. The summed E-state index contributed by atoms with van der Waals surface area (Å²) in [5.41, 5.74) is 3.44. The molecule has 1 aromatic carbocycles. The van der Waals surface area contributed by atoms with E-state index < -0.39 is 0 Å². The predicted octanol–water partition coefficient (Wildman–Crippen LogP) is 3.27. The van der Waals surface area contributed by atoms with Crippen molar-refractivity contribution in [2.45, 2.75) is 45.3 Å². The largest absolute Gasteiger partial charge is 0.345 e. The Kier molecular flexibility index (Phi) is 3.08. The number of carbonyl (C=O) groups is 1. The summed E-state index contributed by atoms with van der Waals surface area (Å²) in [4.78, 5) is 18.0. The predicted molar refractivity (Wildman–Crippen MR) is 95.1 cm³/mol. The molecule has 126 valence electrons. The molecule has 4 aliphatic rings. The van der Waals surface area contributed by atoms with E-state index in [0.29, 0.717) is 18.0 Å². The van der Waals surface area contributed by atoms with Crippen LogP contribution >= 0.6 is 0 Å². The van der Waals surface area contributed by atoms with E-state index in [1.54, 1.807) is 0 Å². The number of fused-ring (bicyclic) bond motifs is 3. The van der Waals surface area contributed by atoms with Gasteiger partial charge in [-0.15, -0.1) is 0 Å². The number of hydrogen-bond acceptors (Lipinski definition) is 2. The Labute approximate surface area is 143 Å². The molecule has 0 radical (unpaired) electrons. The lowest BCUT2D eigenvalue weighted by Crippen LogP contribution is -2.58. The molecule has 0 spiro atoms. The number of carbonyl (C=O) groups excluding carboxylic acids is 1. The second kappa shape index (κ2) is 5.09. The number of piperidine rings is 3. The fourth-order valence-electron chi connectivity index (χ4n) is 5.08. The molecule has 2 bridgehead atoms. The normalized spacial score (nSPS) is 29.0. The van der Waals surface area contributed by atoms with Crippen LogP contribution in [0.15, 0.2) is 24.4 Å². The third-order valence-electron chi connectivity index (χ3n) is 6.35. The van der Waals surface area contributed by atoms with Crippen molar-refractivity contribution in [1.82, 2.24) is 14.4 Å². The lowest BCUT2D eigenvalue weighted by Gasteiger charge is -2.49. The number of hydrogen-bond donors (Lipinski definition) is 0. The number of rotatable bonds is 2. The second-order valence-corrected chi connectivity index (χ2v) is 7.99. The lowest BCUT2D eigenvalue weighted by molar-refractivity contribution is 0.00406. The topological polar surface area (TPSA) is 28.5 Å². The molecule has 0 aliphatic carbocycles. The highest BCUT2D eigenvalue weighted by atomic mass is 16.2. The third kappa shape index (κ3) is 1.92. The molecule has 3 fully saturated rings. The van der Waals surface area contributed by atoms with Gasteiger partial charge >= 0.3 is 0 Å². The molecular weight excluding hydrogens is 298 g/mol. The average Bonchev–Trinajstić information content (AvgIpc) is 2.99. The summed E-state index contributed by atoms with van der Waals surface area (Å²) < 4.78 is 2.32. The molecule has 6 rings (SSSR count). The molecule has 1 atom stereocenters. The van der Waals surface area contributed by atoms with E-state index >= 15 is 0 Å². The van der Waals surface area contributed by atoms with Gasteiger partial charge in [0.05, 0.1) is 0 Å². The van der Waals surface area contributed by atoms with Crippen LogP contribution in [0.5, 0.6) is 0 Å². The van der Waals surface area contributed by atoms with Gasteiger partial charge in [-0.05, 0) is 63.4 Å². The lowest BCUT2D eigenvalue weighted by atomic mass is 9.82. The molecule has 1 amide bonds. The molecule has 0 saturated carbocycles. The first-order valence-electron chi connectivity index (χ1n) is 9.29. The average molecular weight is 323 g/mol. The number of aromatic nitrogens is 1. The van der Waals surface area contributed by atoms with E-state index in [1.807, 2.05) is 12.1 Å². The molecule has 5 heterocycles. The maximum atomic E-state index is 13.3. The SMILES string of the molecule is CC(C)n1cc2c3c(cccc31)C(=O)N([C@H]1CN3CCC1CC3)C2. The highest BCUT2D eigenvalue weighted by Crippen LogP contribution is 2.38. The van der Waals surface area contributed by atoms with Crippen LogP contribution < -0.4 is 0 Å². The molecular formula is C20H25N3O. The van der Waals surface area contributed by atoms with Crippen molar-refractivity contribution in [3.05, 3.63) is 35.5 Å². The molecule has 24 heavy (non-hydrogen) atoms. The van der Waals surface area contributed by atoms with E-state index in [-0.39, 0.29) is 5.91 Å². The minimum absolute atomic E-state index is 0.244. The Morgan fingerprint density at radius 2 is 1.96 bits per heavy atom. The van der Waals surface area contributed by atoms with E-state index in [2.05, 4.69) is 40.5 Å². The molecule has 1 aromatic heterocycles. The number of nitrogens with zero attached hydrogens (tertiary/aromatic N) is 3. The van der Waals surface area contributed by atoms with E-state index in [9.17, 15) is 4.79 Å². The highest BCUT2D eigenvalue weighted by molar-refractivity contribution is 6.09. The Hall–Kier alpha value is -1.81. The Morgan fingerprint density at radius 1 is 1.17 bits per heavy atom. The fourth-order valence-corrected chi connectivity index (χ4v) is 5.08. The van der Waals surface area contributed by atoms with Crippen LogP contribution in [0, 0.1) is 5.92 Å². The van der Waals surface area contributed by atoms with Crippen molar-refractivity contribution in [2.24, 2.45) is 5.92 Å². The van der Waals surface area contributed by atoms with Crippen molar-refractivity contribution in [1.29, 1.82) is 0 Å². The summed E-state index contributed by atoms with van der Waals surface area (Å²) in [5.74, 6) is 0.931. The molecule has 3 saturated heterocycles. The fraction of sp³-hybridized carbons (Fsp3) is 0.550. The zero-order valence-electron chi connectivity index (χ0n) is 14.5. The van der Waals surface area contributed by atoms with Gasteiger partial charge in [-0.25, -0.2) is 0 Å². The molecule has 4 aliphatic heterocycles. The van der Waals surface area contributed by atoms with Gasteiger partial charge < -0.3 is 14.4 Å². The van der Waals surface area contributed by atoms with Gasteiger partial charge in [0, 0.05) is 47.8 Å². The van der Waals surface area contributed by atoms with Crippen LogP contribution in [0.25, 0.3) is 10.9 Å². The minimum Gasteiger partial charge on any atom is -0.345 e. The second-order valence-electron chi connectivity index (χ2n) is 7.99. The molecule has 0 unspecified atom stereocenters. The Morgan fingerprint density at radius 3 is 2.62 bits per heavy atom. The van der Waals surface area contributed by atoms with Crippen molar-refractivity contribution < 1.29 is 4.79 Å². The highest BCUT2D eigenvalue weighted by Gasteiger charge is 2.41. The first-order valence-corrected chi connectivity index (χ1v) is 9.29. The zero-order chi connectivity index (χ0) is 16.4.